The third kappa shape index (κ3) is 3.41. The fraction of sp³-hybridized carbons (Fsp3) is 0.278. The number of benzene rings is 1. The predicted molar refractivity (Wildman–Crippen MR) is 99.3 cm³/mol. The maximum Gasteiger partial charge on any atom is 0.262 e. The minimum absolute atomic E-state index is 0.191. The molecule has 0 radical (unpaired) electrons. The summed E-state index contributed by atoms with van der Waals surface area (Å²) in [5.41, 5.74) is 1.82. The highest BCUT2D eigenvalue weighted by atomic mass is 32.1. The number of carbonyl (C=O) groups is 2. The Bertz CT molecular complexity index is 914. The largest absolute Gasteiger partial charge is 0.355 e. The number of carbonyl (C=O) groups excluding carboxylic acids is 2. The molecule has 1 aromatic carbocycles. The molecule has 0 fully saturated rings. The van der Waals surface area contributed by atoms with E-state index in [1.807, 2.05) is 54.9 Å². The molecule has 0 aliphatic carbocycles. The lowest BCUT2D eigenvalue weighted by molar-refractivity contribution is -0.122. The highest BCUT2D eigenvalue weighted by Gasteiger charge is 2.20. The van der Waals surface area contributed by atoms with E-state index in [1.165, 1.54) is 11.3 Å². The molecule has 0 aliphatic rings. The molecule has 3 rings (SSSR count). The van der Waals surface area contributed by atoms with Gasteiger partial charge in [-0.1, -0.05) is 18.2 Å². The molecule has 0 saturated carbocycles. The van der Waals surface area contributed by atoms with Crippen molar-refractivity contribution in [1.82, 2.24) is 20.4 Å². The molecule has 2 aromatic heterocycles. The molecular weight excluding hydrogens is 336 g/mol. The zero-order valence-electron chi connectivity index (χ0n) is 14.4. The minimum Gasteiger partial charge on any atom is -0.355 e. The highest BCUT2D eigenvalue weighted by molar-refractivity contribution is 7.20. The molecule has 2 amide bonds. The van der Waals surface area contributed by atoms with Crippen LogP contribution in [0.2, 0.25) is 0 Å². The van der Waals surface area contributed by atoms with Crippen LogP contribution >= 0.6 is 11.3 Å². The first-order chi connectivity index (χ1) is 12.0. The van der Waals surface area contributed by atoms with E-state index in [0.29, 0.717) is 11.4 Å². The quantitative estimate of drug-likeness (QED) is 0.738. The number of hydrogen-bond donors (Lipinski definition) is 2. The van der Waals surface area contributed by atoms with Crippen molar-refractivity contribution < 1.29 is 9.59 Å². The van der Waals surface area contributed by atoms with Crippen LogP contribution in [-0.4, -0.2) is 34.2 Å². The summed E-state index contributed by atoms with van der Waals surface area (Å²) in [6, 6.07) is 11.1. The normalized spacial score (nSPS) is 12.1. The molecule has 0 unspecified atom stereocenters. The van der Waals surface area contributed by atoms with Crippen molar-refractivity contribution in [1.29, 1.82) is 0 Å². The average Bonchev–Trinajstić information content (AvgIpc) is 3.17. The van der Waals surface area contributed by atoms with Gasteiger partial charge in [-0.05, 0) is 39.0 Å². The Morgan fingerprint density at radius 2 is 2.00 bits per heavy atom. The molecular formula is C18H20N4O2S. The predicted octanol–water partition coefficient (Wildman–Crippen LogP) is 2.65. The van der Waals surface area contributed by atoms with E-state index in [2.05, 4.69) is 15.7 Å². The number of amides is 2. The van der Waals surface area contributed by atoms with E-state index in [4.69, 9.17) is 0 Å². The van der Waals surface area contributed by atoms with E-state index < -0.39 is 6.04 Å². The van der Waals surface area contributed by atoms with Gasteiger partial charge in [-0.25, -0.2) is 4.68 Å². The number of hydrogen-bond acceptors (Lipinski definition) is 4. The van der Waals surface area contributed by atoms with Gasteiger partial charge in [-0.2, -0.15) is 5.10 Å². The average molecular weight is 356 g/mol. The summed E-state index contributed by atoms with van der Waals surface area (Å²) in [4.78, 5) is 25.8. The van der Waals surface area contributed by atoms with Crippen molar-refractivity contribution in [2.75, 3.05) is 6.54 Å². The molecule has 2 heterocycles. The van der Waals surface area contributed by atoms with Crippen molar-refractivity contribution in [2.45, 2.75) is 26.8 Å². The fourth-order valence-electron chi connectivity index (χ4n) is 2.56. The van der Waals surface area contributed by atoms with E-state index in [0.717, 1.165) is 21.6 Å². The standard InChI is InChI=1S/C18H20N4O2S/c1-4-19-16(23)12(3)20-17(24)15-10-14-11(2)21-22(18(14)25-15)13-8-6-5-7-9-13/h5-10,12H,4H2,1-3H3,(H,19,23)(H,20,24)/t12-/m0/s1. The van der Waals surface area contributed by atoms with Gasteiger partial charge in [-0.3, -0.25) is 9.59 Å². The summed E-state index contributed by atoms with van der Waals surface area (Å²) in [6.07, 6.45) is 0. The number of rotatable bonds is 5. The number of likely N-dealkylation sites (N-methyl/N-ethyl adjacent to an activating group) is 1. The number of aromatic nitrogens is 2. The number of nitrogens with one attached hydrogen (secondary N) is 2. The molecule has 0 saturated heterocycles. The first-order valence-electron chi connectivity index (χ1n) is 8.14. The number of para-hydroxylation sites is 1. The summed E-state index contributed by atoms with van der Waals surface area (Å²) in [7, 11) is 0. The van der Waals surface area contributed by atoms with Crippen LogP contribution in [0.3, 0.4) is 0 Å². The van der Waals surface area contributed by atoms with Gasteiger partial charge in [0.15, 0.2) is 0 Å². The van der Waals surface area contributed by atoms with Crippen LogP contribution in [0, 0.1) is 6.92 Å². The molecule has 7 heteroatoms. The van der Waals surface area contributed by atoms with Gasteiger partial charge in [0.05, 0.1) is 16.3 Å². The zero-order chi connectivity index (χ0) is 18.0. The number of fused-ring (bicyclic) bond motifs is 1. The van der Waals surface area contributed by atoms with E-state index in [9.17, 15) is 9.59 Å². The topological polar surface area (TPSA) is 76.0 Å². The second kappa shape index (κ2) is 7.06. The van der Waals surface area contributed by atoms with Crippen LogP contribution < -0.4 is 10.6 Å². The molecule has 130 valence electrons. The summed E-state index contributed by atoms with van der Waals surface area (Å²) >= 11 is 1.37. The van der Waals surface area contributed by atoms with Crippen LogP contribution in [0.4, 0.5) is 0 Å². The van der Waals surface area contributed by atoms with Gasteiger partial charge < -0.3 is 10.6 Å². The smallest absolute Gasteiger partial charge is 0.262 e. The lowest BCUT2D eigenvalue weighted by atomic mass is 10.2. The summed E-state index contributed by atoms with van der Waals surface area (Å²) in [6.45, 7) is 5.98. The van der Waals surface area contributed by atoms with Crippen molar-refractivity contribution >= 4 is 33.4 Å². The Hall–Kier alpha value is -2.67. The second-order valence-corrected chi connectivity index (χ2v) is 6.78. The molecule has 25 heavy (non-hydrogen) atoms. The Morgan fingerprint density at radius 3 is 2.68 bits per heavy atom. The number of aryl methyl sites for hydroxylation is 1. The van der Waals surface area contributed by atoms with Crippen molar-refractivity contribution in [3.05, 3.63) is 47.0 Å². The Balaban J connectivity index is 1.89. The summed E-state index contributed by atoms with van der Waals surface area (Å²) in [5, 5.41) is 11.0. The van der Waals surface area contributed by atoms with Crippen molar-refractivity contribution in [3.63, 3.8) is 0 Å². The Labute approximate surface area is 149 Å². The van der Waals surface area contributed by atoms with Gasteiger partial charge in [0.1, 0.15) is 10.9 Å². The Morgan fingerprint density at radius 1 is 1.28 bits per heavy atom. The van der Waals surface area contributed by atoms with E-state index in [1.54, 1.807) is 6.92 Å². The van der Waals surface area contributed by atoms with Gasteiger partial charge >= 0.3 is 0 Å². The maximum absolute atomic E-state index is 12.5. The van der Waals surface area contributed by atoms with E-state index >= 15 is 0 Å². The van der Waals surface area contributed by atoms with Gasteiger partial charge in [0.25, 0.3) is 5.91 Å². The number of thiophene rings is 1. The number of nitrogens with zero attached hydrogens (tertiary/aromatic N) is 2. The van der Waals surface area contributed by atoms with E-state index in [-0.39, 0.29) is 11.8 Å². The van der Waals surface area contributed by atoms with Crippen molar-refractivity contribution in [2.24, 2.45) is 0 Å². The minimum atomic E-state index is -0.579. The SMILES string of the molecule is CCNC(=O)[C@H](C)NC(=O)c1cc2c(C)nn(-c3ccccc3)c2s1. The van der Waals surface area contributed by atoms with Crippen LogP contribution in [0.15, 0.2) is 36.4 Å². The molecule has 3 aromatic rings. The second-order valence-electron chi connectivity index (χ2n) is 5.75. The monoisotopic (exact) mass is 356 g/mol. The maximum atomic E-state index is 12.5. The highest BCUT2D eigenvalue weighted by Crippen LogP contribution is 2.30. The lowest BCUT2D eigenvalue weighted by Crippen LogP contribution is -2.44. The van der Waals surface area contributed by atoms with Crippen LogP contribution in [0.5, 0.6) is 0 Å². The van der Waals surface area contributed by atoms with Crippen LogP contribution in [0.25, 0.3) is 15.9 Å². The zero-order valence-corrected chi connectivity index (χ0v) is 15.2. The summed E-state index contributed by atoms with van der Waals surface area (Å²) < 4.78 is 1.85. The van der Waals surface area contributed by atoms with Gasteiger partial charge in [0.2, 0.25) is 5.91 Å². The lowest BCUT2D eigenvalue weighted by Gasteiger charge is -2.12. The van der Waals surface area contributed by atoms with Gasteiger partial charge in [0, 0.05) is 11.9 Å². The molecule has 6 nitrogen and oxygen atoms in total. The third-order valence-electron chi connectivity index (χ3n) is 3.86. The molecule has 0 bridgehead atoms. The molecule has 0 spiro atoms. The molecule has 1 atom stereocenters. The first kappa shape index (κ1) is 17.2. The fourth-order valence-corrected chi connectivity index (χ4v) is 3.65. The van der Waals surface area contributed by atoms with Crippen LogP contribution in [-0.2, 0) is 4.79 Å². The third-order valence-corrected chi connectivity index (χ3v) is 4.97. The van der Waals surface area contributed by atoms with Crippen LogP contribution in [0.1, 0.15) is 29.2 Å². The van der Waals surface area contributed by atoms with Crippen molar-refractivity contribution in [3.8, 4) is 5.69 Å². The van der Waals surface area contributed by atoms with Gasteiger partial charge in [-0.15, -0.1) is 11.3 Å². The molecule has 0 aliphatic heterocycles. The summed E-state index contributed by atoms with van der Waals surface area (Å²) in [5.74, 6) is -0.442. The molecule has 2 N–H and O–H groups in total. The first-order valence-corrected chi connectivity index (χ1v) is 8.96. The Kier molecular flexibility index (Phi) is 4.85.